The van der Waals surface area contributed by atoms with Crippen molar-refractivity contribution in [1.29, 1.82) is 0 Å². The lowest BCUT2D eigenvalue weighted by Crippen LogP contribution is -2.42. The van der Waals surface area contributed by atoms with Gasteiger partial charge in [-0.05, 0) is 55.0 Å². The van der Waals surface area contributed by atoms with Gasteiger partial charge in [0.1, 0.15) is 18.9 Å². The minimum Gasteiger partial charge on any atom is -0.492 e. The molecule has 0 atom stereocenters. The molecule has 0 fully saturated rings. The van der Waals surface area contributed by atoms with E-state index in [9.17, 15) is 26.4 Å². The molecule has 0 bridgehead atoms. The Morgan fingerprint density at radius 2 is 1.74 bits per heavy atom. The number of sulfonamides is 1. The minimum absolute atomic E-state index is 0.0339. The summed E-state index contributed by atoms with van der Waals surface area (Å²) in [5, 5.41) is 3.04. The highest BCUT2D eigenvalue weighted by atomic mass is 35.5. The number of hydrogen-bond acceptors (Lipinski definition) is 4. The van der Waals surface area contributed by atoms with Crippen molar-refractivity contribution in [2.24, 2.45) is 0 Å². The highest BCUT2D eigenvalue weighted by Crippen LogP contribution is 2.33. The van der Waals surface area contributed by atoms with Crippen molar-refractivity contribution in [2.45, 2.75) is 18.0 Å². The van der Waals surface area contributed by atoms with Crippen LogP contribution in [0.1, 0.15) is 11.1 Å². The van der Waals surface area contributed by atoms with Gasteiger partial charge < -0.3 is 10.1 Å². The summed E-state index contributed by atoms with van der Waals surface area (Å²) in [6.07, 6.45) is -4.68. The maximum Gasteiger partial charge on any atom is 0.416 e. The number of halogens is 4. The van der Waals surface area contributed by atoms with E-state index in [1.54, 1.807) is 24.3 Å². The average Bonchev–Trinajstić information content (AvgIpc) is 2.82. The van der Waals surface area contributed by atoms with Crippen molar-refractivity contribution in [2.75, 3.05) is 24.0 Å². The molecule has 0 aliphatic carbocycles. The Balaban J connectivity index is 1.75. The molecule has 0 radical (unpaired) electrons. The Labute approximate surface area is 206 Å². The van der Waals surface area contributed by atoms with Crippen molar-refractivity contribution >= 4 is 33.2 Å². The molecule has 11 heteroatoms. The van der Waals surface area contributed by atoms with Crippen LogP contribution in [0.2, 0.25) is 5.02 Å². The molecule has 3 rings (SSSR count). The minimum atomic E-state index is -4.68. The molecule has 1 N–H and O–H groups in total. The molecule has 0 heterocycles. The summed E-state index contributed by atoms with van der Waals surface area (Å²) in [6, 6.07) is 16.1. The predicted molar refractivity (Wildman–Crippen MR) is 127 cm³/mol. The molecule has 1 amide bonds. The molecule has 3 aromatic rings. The van der Waals surface area contributed by atoms with Gasteiger partial charge >= 0.3 is 6.18 Å². The molecule has 0 saturated carbocycles. The van der Waals surface area contributed by atoms with E-state index in [4.69, 9.17) is 16.3 Å². The van der Waals surface area contributed by atoms with E-state index in [0.717, 1.165) is 17.7 Å². The van der Waals surface area contributed by atoms with E-state index in [-0.39, 0.29) is 23.7 Å². The van der Waals surface area contributed by atoms with Gasteiger partial charge in [-0.3, -0.25) is 9.10 Å². The molecule has 35 heavy (non-hydrogen) atoms. The summed E-state index contributed by atoms with van der Waals surface area (Å²) >= 11 is 6.04. The second-order valence-electron chi connectivity index (χ2n) is 7.48. The molecule has 3 aromatic carbocycles. The fraction of sp³-hybridized carbons (Fsp3) is 0.208. The van der Waals surface area contributed by atoms with Crippen LogP contribution in [0.25, 0.3) is 0 Å². The van der Waals surface area contributed by atoms with Crippen LogP contribution >= 0.6 is 11.6 Å². The Kier molecular flexibility index (Phi) is 8.29. The lowest BCUT2D eigenvalue weighted by Gasteiger charge is -2.25. The van der Waals surface area contributed by atoms with Crippen LogP contribution in [0.5, 0.6) is 5.75 Å². The fourth-order valence-electron chi connectivity index (χ4n) is 3.08. The van der Waals surface area contributed by atoms with E-state index >= 15 is 0 Å². The van der Waals surface area contributed by atoms with Gasteiger partial charge in [-0.25, -0.2) is 8.42 Å². The summed E-state index contributed by atoms with van der Waals surface area (Å²) in [5.74, 6) is -0.223. The first-order valence-electron chi connectivity index (χ1n) is 10.4. The Morgan fingerprint density at radius 3 is 2.40 bits per heavy atom. The van der Waals surface area contributed by atoms with Crippen LogP contribution in [-0.4, -0.2) is 34.0 Å². The van der Waals surface area contributed by atoms with E-state index in [1.165, 1.54) is 30.3 Å². The van der Waals surface area contributed by atoms with E-state index in [1.807, 2.05) is 6.92 Å². The molecule has 0 saturated heterocycles. The third-order valence-electron chi connectivity index (χ3n) is 4.92. The molecule has 0 aliphatic rings. The second kappa shape index (κ2) is 11.0. The normalized spacial score (nSPS) is 11.7. The van der Waals surface area contributed by atoms with Gasteiger partial charge in [0.25, 0.3) is 10.0 Å². The molecule has 0 unspecified atom stereocenters. The number of hydrogen-bond donors (Lipinski definition) is 1. The van der Waals surface area contributed by atoms with Gasteiger partial charge in [0.05, 0.1) is 22.7 Å². The zero-order valence-electron chi connectivity index (χ0n) is 18.5. The zero-order valence-corrected chi connectivity index (χ0v) is 20.1. The Bertz CT molecular complexity index is 1290. The lowest BCUT2D eigenvalue weighted by atomic mass is 10.2. The summed E-state index contributed by atoms with van der Waals surface area (Å²) < 4.78 is 72.3. The standard InChI is InChI=1S/C24H22ClF3N2O4S/c1-17-10-11-20(15-22(17)25)34-13-12-29-23(31)16-30(35(32,33)21-8-3-2-4-9-21)19-7-5-6-18(14-19)24(26,27)28/h2-11,14-15H,12-13,16H2,1H3,(H,29,31). The molecule has 6 nitrogen and oxygen atoms in total. The van der Waals surface area contributed by atoms with Gasteiger partial charge in [-0.1, -0.05) is 41.9 Å². The summed E-state index contributed by atoms with van der Waals surface area (Å²) in [4.78, 5) is 12.4. The highest BCUT2D eigenvalue weighted by Gasteiger charge is 2.33. The highest BCUT2D eigenvalue weighted by molar-refractivity contribution is 7.92. The largest absolute Gasteiger partial charge is 0.492 e. The van der Waals surface area contributed by atoms with Crippen LogP contribution in [0.3, 0.4) is 0 Å². The SMILES string of the molecule is Cc1ccc(OCCNC(=O)CN(c2cccc(C(F)(F)F)c2)S(=O)(=O)c2ccccc2)cc1Cl. The number of rotatable bonds is 9. The van der Waals surface area contributed by atoms with E-state index < -0.39 is 34.2 Å². The predicted octanol–water partition coefficient (Wildman–Crippen LogP) is 5.06. The smallest absolute Gasteiger partial charge is 0.416 e. The van der Waals surface area contributed by atoms with Crippen molar-refractivity contribution in [3.8, 4) is 5.75 Å². The second-order valence-corrected chi connectivity index (χ2v) is 9.75. The van der Waals surface area contributed by atoms with Crippen LogP contribution < -0.4 is 14.4 Å². The fourth-order valence-corrected chi connectivity index (χ4v) is 4.69. The number of aryl methyl sites for hydroxylation is 1. The number of nitrogens with one attached hydrogen (secondary N) is 1. The van der Waals surface area contributed by atoms with E-state index in [2.05, 4.69) is 5.32 Å². The van der Waals surface area contributed by atoms with Gasteiger partial charge in [-0.15, -0.1) is 0 Å². The third-order valence-corrected chi connectivity index (χ3v) is 7.11. The Morgan fingerprint density at radius 1 is 1.03 bits per heavy atom. The monoisotopic (exact) mass is 526 g/mol. The first-order valence-corrected chi connectivity index (χ1v) is 12.2. The molecular weight excluding hydrogens is 505 g/mol. The lowest BCUT2D eigenvalue weighted by molar-refractivity contribution is -0.137. The van der Waals surface area contributed by atoms with E-state index in [0.29, 0.717) is 21.1 Å². The molecule has 186 valence electrons. The number of amides is 1. The quantitative estimate of drug-likeness (QED) is 0.396. The first-order chi connectivity index (χ1) is 16.5. The van der Waals surface area contributed by atoms with Crippen molar-refractivity contribution in [3.05, 3.63) is 88.9 Å². The topological polar surface area (TPSA) is 75.7 Å². The average molecular weight is 527 g/mol. The van der Waals surface area contributed by atoms with Gasteiger partial charge in [0, 0.05) is 5.02 Å². The summed E-state index contributed by atoms with van der Waals surface area (Å²) in [7, 11) is -4.33. The number of carbonyl (C=O) groups is 1. The molecule has 0 spiro atoms. The number of anilines is 1. The van der Waals surface area contributed by atoms with Gasteiger partial charge in [-0.2, -0.15) is 13.2 Å². The van der Waals surface area contributed by atoms with Crippen molar-refractivity contribution < 1.29 is 31.1 Å². The van der Waals surface area contributed by atoms with Crippen molar-refractivity contribution in [1.82, 2.24) is 5.32 Å². The van der Waals surface area contributed by atoms with Crippen LogP contribution in [-0.2, 0) is 21.0 Å². The zero-order chi connectivity index (χ0) is 25.6. The maximum absolute atomic E-state index is 13.2. The van der Waals surface area contributed by atoms with Crippen LogP contribution in [0, 0.1) is 6.92 Å². The molecule has 0 aromatic heterocycles. The van der Waals surface area contributed by atoms with Gasteiger partial charge in [0.15, 0.2) is 0 Å². The molecular formula is C24H22ClF3N2O4S. The van der Waals surface area contributed by atoms with Crippen molar-refractivity contribution in [3.63, 3.8) is 0 Å². The number of carbonyl (C=O) groups excluding carboxylic acids is 1. The van der Waals surface area contributed by atoms with Crippen LogP contribution in [0.15, 0.2) is 77.7 Å². The first kappa shape index (κ1) is 26.4. The molecule has 0 aliphatic heterocycles. The number of nitrogens with zero attached hydrogens (tertiary/aromatic N) is 1. The maximum atomic E-state index is 13.2. The number of benzene rings is 3. The van der Waals surface area contributed by atoms with Crippen LogP contribution in [0.4, 0.5) is 18.9 Å². The van der Waals surface area contributed by atoms with Gasteiger partial charge in [0.2, 0.25) is 5.91 Å². The third kappa shape index (κ3) is 6.89. The number of ether oxygens (including phenoxy) is 1. The summed E-state index contributed by atoms with van der Waals surface area (Å²) in [5.41, 5.74) is -0.445. The number of alkyl halides is 3. The summed E-state index contributed by atoms with van der Waals surface area (Å²) in [6.45, 7) is 1.22. The Hall–Kier alpha value is -3.24.